The van der Waals surface area contributed by atoms with E-state index < -0.39 is 0 Å². The van der Waals surface area contributed by atoms with Crippen LogP contribution in [-0.2, 0) is 0 Å². The van der Waals surface area contributed by atoms with E-state index >= 15 is 0 Å². The van der Waals surface area contributed by atoms with Gasteiger partial charge in [-0.25, -0.2) is 29.9 Å². The molecule has 0 aliphatic rings. The van der Waals surface area contributed by atoms with Gasteiger partial charge in [-0.2, -0.15) is 0 Å². The molecular weight excluding hydrogens is 1530 g/mol. The third-order valence-corrected chi connectivity index (χ3v) is 25.0. The highest BCUT2D eigenvalue weighted by atomic mass is 14.8. The van der Waals surface area contributed by atoms with Gasteiger partial charge in [-0.3, -0.25) is 9.97 Å². The third kappa shape index (κ3) is 13.0. The molecule has 0 bridgehead atoms. The van der Waals surface area contributed by atoms with Crippen LogP contribution < -0.4 is 0 Å². The second-order valence-corrected chi connectivity index (χ2v) is 32.4. The molecule has 0 amide bonds. The fraction of sp³-hybridized carbons (Fsp3) is 0. The first kappa shape index (κ1) is 73.0. The van der Waals surface area contributed by atoms with Crippen LogP contribution in [0, 0.1) is 0 Å². The Morgan fingerprint density at radius 3 is 0.857 bits per heavy atom. The maximum atomic E-state index is 5.18. The molecule has 26 aromatic rings. The number of benzene rings is 18. The van der Waals surface area contributed by atoms with E-state index in [1.54, 1.807) is 0 Å². The molecule has 0 aliphatic carbocycles. The molecule has 0 saturated carbocycles. The van der Waals surface area contributed by atoms with Crippen LogP contribution in [0.4, 0.5) is 0 Å². The van der Waals surface area contributed by atoms with E-state index in [1.807, 2.05) is 60.9 Å². The van der Waals surface area contributed by atoms with Crippen LogP contribution in [0.1, 0.15) is 0 Å². The molecule has 0 N–H and O–H groups in total. The molecule has 0 atom stereocenters. The van der Waals surface area contributed by atoms with E-state index in [1.165, 1.54) is 98.0 Å². The van der Waals surface area contributed by atoms with Gasteiger partial charge in [0.1, 0.15) is 0 Å². The van der Waals surface area contributed by atoms with Crippen molar-refractivity contribution in [2.45, 2.75) is 0 Å². The number of rotatable bonds is 9. The minimum absolute atomic E-state index is 0.897. The van der Waals surface area contributed by atoms with Crippen molar-refractivity contribution in [1.82, 2.24) is 39.9 Å². The molecule has 0 fully saturated rings. The largest absolute Gasteiger partial charge is 0.254 e. The third-order valence-electron chi connectivity index (χ3n) is 25.0. The van der Waals surface area contributed by atoms with Gasteiger partial charge < -0.3 is 0 Å². The first-order chi connectivity index (χ1) is 62.4. The number of hydrogen-bond acceptors (Lipinski definition) is 8. The van der Waals surface area contributed by atoms with Gasteiger partial charge in [0.15, 0.2) is 0 Å². The minimum atomic E-state index is 0.897. The van der Waals surface area contributed by atoms with E-state index in [9.17, 15) is 0 Å². The van der Waals surface area contributed by atoms with Crippen molar-refractivity contribution in [2.75, 3.05) is 0 Å². The average molecular weight is 1600 g/mol. The lowest BCUT2D eigenvalue weighted by Gasteiger charge is -2.18. The van der Waals surface area contributed by atoms with Crippen LogP contribution in [0.3, 0.4) is 0 Å². The Morgan fingerprint density at radius 1 is 0.135 bits per heavy atom. The molecule has 0 unspecified atom stereocenters. The van der Waals surface area contributed by atoms with Gasteiger partial charge in [0.05, 0.1) is 78.3 Å². The molecular formula is C118H72N8. The lowest BCUT2D eigenvalue weighted by molar-refractivity contribution is 1.35. The van der Waals surface area contributed by atoms with Crippen molar-refractivity contribution in [3.05, 3.63) is 437 Å². The average Bonchev–Trinajstić information content (AvgIpc) is 0.712. The summed E-state index contributed by atoms with van der Waals surface area (Å²) in [5.41, 5.74) is 26.8. The first-order valence-electron chi connectivity index (χ1n) is 42.6. The van der Waals surface area contributed by atoms with Gasteiger partial charge in [-0.15, -0.1) is 0 Å². The summed E-state index contributed by atoms with van der Waals surface area (Å²) >= 11 is 0. The first-order valence-corrected chi connectivity index (χ1v) is 42.6. The fourth-order valence-electron chi connectivity index (χ4n) is 18.7. The molecule has 0 aliphatic heterocycles. The zero-order valence-corrected chi connectivity index (χ0v) is 68.1. The van der Waals surface area contributed by atoms with E-state index in [2.05, 4.69) is 386 Å². The van der Waals surface area contributed by atoms with Crippen molar-refractivity contribution in [1.29, 1.82) is 0 Å². The van der Waals surface area contributed by atoms with E-state index in [0.29, 0.717) is 0 Å². The Hall–Kier alpha value is -16.9. The summed E-state index contributed by atoms with van der Waals surface area (Å²) in [5, 5.41) is 24.1. The Labute approximate surface area is 724 Å². The SMILES string of the molecule is c1ccc(-c2ccc3ccc4ccc(-c5cccc(-c6ccc7ccc8ccc(-c9ccccc9)nc8c7n6)c5)nc4c3n2)cc1.c1ccc2cc(-c3c4ccccc4c(-c4ccc(-c5ccc6ccc7cccnc7c6n5)cc4)c4ccccc34)ccc2c1.c1cnc2c(c1)ccc1ccc(-c3ccc(-c4ccc5ccc6cccc7ccc4c5c67)cc3)nc12. The van der Waals surface area contributed by atoms with Crippen molar-refractivity contribution in [3.8, 4) is 101 Å². The Bertz CT molecular complexity index is 8590. The zero-order valence-electron chi connectivity index (χ0n) is 68.1. The topological polar surface area (TPSA) is 103 Å². The van der Waals surface area contributed by atoms with Gasteiger partial charge in [0.25, 0.3) is 0 Å². The van der Waals surface area contributed by atoms with Gasteiger partial charge in [0, 0.05) is 88.9 Å². The number of hydrogen-bond donors (Lipinski definition) is 0. The highest BCUT2D eigenvalue weighted by Crippen LogP contribution is 2.46. The monoisotopic (exact) mass is 1600 g/mol. The standard InChI is InChI=1S/C42H26N4.C42H26N2.C34H20N2/c1-3-8-27(9-4-1)35-22-18-29-14-16-31-20-24-37(45-41(31)39(29)43-35)33-12-7-13-34(26-33)38-25-21-32-17-15-30-19-23-36(28-10-5-2-6-11-28)44-40(30)42(32)46-38;1-2-9-32-26-33(22-15-27(32)8-1)40-36-13-5-3-11-34(36)39(35-12-4-6-14-37(35)40)29-18-16-28(17-19-29)38-24-23-31-21-20-30-10-7-25-43-41(30)42(31)44-38;1-3-23-10-11-25-14-17-28(29-18-15-24(4-1)31(23)32(25)29)21-6-8-22(9-7-21)30-19-16-27-13-12-26-5-2-20-35-33(26)34(27)36-30/h1-26H;1-26H;1-20H. The van der Waals surface area contributed by atoms with Gasteiger partial charge >= 0.3 is 0 Å². The quantitative estimate of drug-likeness (QED) is 0.104. The predicted molar refractivity (Wildman–Crippen MR) is 527 cm³/mol. The molecule has 8 heteroatoms. The van der Waals surface area contributed by atoms with E-state index in [4.69, 9.17) is 29.9 Å². The predicted octanol–water partition coefficient (Wildman–Crippen LogP) is 30.8. The van der Waals surface area contributed by atoms with Crippen LogP contribution in [0.5, 0.6) is 0 Å². The van der Waals surface area contributed by atoms with Crippen molar-refractivity contribution in [3.63, 3.8) is 0 Å². The lowest BCUT2D eigenvalue weighted by atomic mass is 9.85. The normalized spacial score (nSPS) is 11.7. The summed E-state index contributed by atoms with van der Waals surface area (Å²) in [5.74, 6) is 0. The molecule has 26 rings (SSSR count). The fourth-order valence-corrected chi connectivity index (χ4v) is 18.7. The van der Waals surface area contributed by atoms with Crippen molar-refractivity contribution in [2.24, 2.45) is 0 Å². The van der Waals surface area contributed by atoms with Gasteiger partial charge in [0.2, 0.25) is 0 Å². The van der Waals surface area contributed by atoms with E-state index in [-0.39, 0.29) is 0 Å². The summed E-state index contributed by atoms with van der Waals surface area (Å²) in [6.07, 6.45) is 3.67. The molecule has 584 valence electrons. The van der Waals surface area contributed by atoms with Crippen molar-refractivity contribution >= 4 is 152 Å². The summed E-state index contributed by atoms with van der Waals surface area (Å²) < 4.78 is 0. The molecule has 8 heterocycles. The number of pyridine rings is 8. The van der Waals surface area contributed by atoms with Crippen LogP contribution in [-0.4, -0.2) is 39.9 Å². The van der Waals surface area contributed by atoms with E-state index in [0.717, 1.165) is 155 Å². The van der Waals surface area contributed by atoms with Crippen LogP contribution in [0.15, 0.2) is 437 Å². The number of fused-ring (bicyclic) bond motifs is 15. The highest BCUT2D eigenvalue weighted by Gasteiger charge is 2.21. The maximum absolute atomic E-state index is 5.18. The molecule has 8 aromatic heterocycles. The number of nitrogens with zero attached hydrogens (tertiary/aromatic N) is 8. The summed E-state index contributed by atoms with van der Waals surface area (Å²) in [7, 11) is 0. The van der Waals surface area contributed by atoms with Crippen LogP contribution >= 0.6 is 0 Å². The van der Waals surface area contributed by atoms with Crippen LogP contribution in [0.25, 0.3) is 253 Å². The summed E-state index contributed by atoms with van der Waals surface area (Å²) in [6, 6.07) is 150. The molecule has 0 saturated heterocycles. The zero-order chi connectivity index (χ0) is 83.1. The number of aromatic nitrogens is 8. The second kappa shape index (κ2) is 30.6. The minimum Gasteiger partial charge on any atom is -0.254 e. The molecule has 0 spiro atoms. The molecule has 0 radical (unpaired) electrons. The Kier molecular flexibility index (Phi) is 17.8. The lowest BCUT2D eigenvalue weighted by Crippen LogP contribution is -1.92. The Balaban J connectivity index is 0.000000107. The molecule has 126 heavy (non-hydrogen) atoms. The summed E-state index contributed by atoms with van der Waals surface area (Å²) in [6.45, 7) is 0. The maximum Gasteiger partial charge on any atom is 0.0972 e. The molecule has 18 aromatic carbocycles. The van der Waals surface area contributed by atoms with Crippen LogP contribution in [0.2, 0.25) is 0 Å². The van der Waals surface area contributed by atoms with Gasteiger partial charge in [-0.05, 0) is 159 Å². The van der Waals surface area contributed by atoms with Crippen molar-refractivity contribution < 1.29 is 0 Å². The Morgan fingerprint density at radius 2 is 0.413 bits per heavy atom. The van der Waals surface area contributed by atoms with Gasteiger partial charge in [-0.1, -0.05) is 364 Å². The highest BCUT2D eigenvalue weighted by molar-refractivity contribution is 6.26. The summed E-state index contributed by atoms with van der Waals surface area (Å²) in [4.78, 5) is 39.8. The smallest absolute Gasteiger partial charge is 0.0972 e. The second-order valence-electron chi connectivity index (χ2n) is 32.4. The molecule has 8 nitrogen and oxygen atoms in total.